The number of amides is 1. The average Bonchev–Trinajstić information content (AvgIpc) is 2.28. The predicted octanol–water partition coefficient (Wildman–Crippen LogP) is -0.452. The third kappa shape index (κ3) is 3.17. The summed E-state index contributed by atoms with van der Waals surface area (Å²) in [6.07, 6.45) is 0. The van der Waals surface area contributed by atoms with Gasteiger partial charge in [0, 0.05) is 33.3 Å². The Morgan fingerprint density at radius 2 is 1.94 bits per heavy atom. The van der Waals surface area contributed by atoms with E-state index in [1.54, 1.807) is 4.90 Å². The number of rotatable bonds is 4. The fourth-order valence-corrected chi connectivity index (χ4v) is 1.95. The van der Waals surface area contributed by atoms with Gasteiger partial charge in [-0.25, -0.2) is 0 Å². The van der Waals surface area contributed by atoms with Crippen molar-refractivity contribution >= 4 is 5.91 Å². The lowest BCUT2D eigenvalue weighted by atomic mass is 10.1. The molecule has 94 valence electrons. The van der Waals surface area contributed by atoms with Gasteiger partial charge in [-0.05, 0) is 13.5 Å². The van der Waals surface area contributed by atoms with E-state index in [2.05, 4.69) is 11.8 Å². The first kappa shape index (κ1) is 13.4. The normalized spacial score (nSPS) is 21.9. The molecule has 1 aliphatic rings. The van der Waals surface area contributed by atoms with Gasteiger partial charge in [0.15, 0.2) is 5.60 Å². The number of nitrogens with zero attached hydrogens (tertiary/aromatic N) is 2. The first-order valence-electron chi connectivity index (χ1n) is 5.74. The molecule has 5 heteroatoms. The molecule has 0 aromatic carbocycles. The number of ether oxygens (including phenoxy) is 1. The van der Waals surface area contributed by atoms with Crippen molar-refractivity contribution in [3.63, 3.8) is 0 Å². The van der Waals surface area contributed by atoms with E-state index in [-0.39, 0.29) is 12.5 Å². The van der Waals surface area contributed by atoms with Gasteiger partial charge in [-0.3, -0.25) is 4.79 Å². The van der Waals surface area contributed by atoms with E-state index < -0.39 is 5.60 Å². The predicted molar refractivity (Wildman–Crippen MR) is 61.2 cm³/mol. The van der Waals surface area contributed by atoms with Crippen LogP contribution in [0.15, 0.2) is 0 Å². The van der Waals surface area contributed by atoms with E-state index >= 15 is 0 Å². The van der Waals surface area contributed by atoms with Crippen molar-refractivity contribution < 1.29 is 14.6 Å². The summed E-state index contributed by atoms with van der Waals surface area (Å²) in [5.74, 6) is -0.231. The van der Waals surface area contributed by atoms with Gasteiger partial charge in [0.2, 0.25) is 0 Å². The van der Waals surface area contributed by atoms with Crippen LogP contribution in [0.2, 0.25) is 0 Å². The van der Waals surface area contributed by atoms with Gasteiger partial charge in [-0.1, -0.05) is 6.92 Å². The molecular formula is C11H22N2O3. The quantitative estimate of drug-likeness (QED) is 0.710. The van der Waals surface area contributed by atoms with Crippen molar-refractivity contribution in [1.29, 1.82) is 0 Å². The van der Waals surface area contributed by atoms with Gasteiger partial charge < -0.3 is 19.6 Å². The number of piperazine rings is 1. The van der Waals surface area contributed by atoms with Gasteiger partial charge in [0.1, 0.15) is 0 Å². The van der Waals surface area contributed by atoms with Crippen LogP contribution in [-0.4, -0.2) is 72.9 Å². The third-order valence-corrected chi connectivity index (χ3v) is 2.99. The molecule has 1 N–H and O–H groups in total. The van der Waals surface area contributed by atoms with Crippen LogP contribution < -0.4 is 0 Å². The number of aliphatic hydroxyl groups is 1. The molecule has 1 atom stereocenters. The highest BCUT2D eigenvalue weighted by atomic mass is 16.5. The van der Waals surface area contributed by atoms with E-state index in [0.717, 1.165) is 19.6 Å². The summed E-state index contributed by atoms with van der Waals surface area (Å²) in [7, 11) is 1.48. The molecule has 0 saturated carbocycles. The Labute approximate surface area is 97.0 Å². The number of carbonyl (C=O) groups is 1. The Morgan fingerprint density at radius 1 is 1.38 bits per heavy atom. The first-order chi connectivity index (χ1) is 7.51. The molecule has 1 fully saturated rings. The number of likely N-dealkylation sites (N-methyl/N-ethyl adjacent to an activating group) is 1. The topological polar surface area (TPSA) is 53.0 Å². The first-order valence-corrected chi connectivity index (χ1v) is 5.74. The monoisotopic (exact) mass is 230 g/mol. The highest BCUT2D eigenvalue weighted by Gasteiger charge is 2.35. The summed E-state index contributed by atoms with van der Waals surface area (Å²) in [5, 5.41) is 9.93. The van der Waals surface area contributed by atoms with Crippen molar-refractivity contribution in [2.45, 2.75) is 19.4 Å². The van der Waals surface area contributed by atoms with Crippen LogP contribution in [-0.2, 0) is 9.53 Å². The summed E-state index contributed by atoms with van der Waals surface area (Å²) < 4.78 is 4.85. The fraction of sp³-hybridized carbons (Fsp3) is 0.909. The molecule has 0 aromatic heterocycles. The fourth-order valence-electron chi connectivity index (χ4n) is 1.95. The molecule has 1 aliphatic heterocycles. The molecular weight excluding hydrogens is 208 g/mol. The lowest BCUT2D eigenvalue weighted by Gasteiger charge is -2.37. The summed E-state index contributed by atoms with van der Waals surface area (Å²) in [6.45, 7) is 7.80. The highest BCUT2D eigenvalue weighted by molar-refractivity contribution is 5.84. The Morgan fingerprint density at radius 3 is 2.38 bits per heavy atom. The number of hydrogen-bond acceptors (Lipinski definition) is 4. The van der Waals surface area contributed by atoms with Crippen LogP contribution in [0, 0.1) is 0 Å². The molecule has 1 unspecified atom stereocenters. The van der Waals surface area contributed by atoms with E-state index in [1.807, 2.05) is 0 Å². The molecule has 1 amide bonds. The van der Waals surface area contributed by atoms with E-state index in [4.69, 9.17) is 4.74 Å². The van der Waals surface area contributed by atoms with Gasteiger partial charge in [0.25, 0.3) is 5.91 Å². The van der Waals surface area contributed by atoms with Crippen molar-refractivity contribution in [1.82, 2.24) is 9.80 Å². The van der Waals surface area contributed by atoms with Gasteiger partial charge in [-0.2, -0.15) is 0 Å². The lowest BCUT2D eigenvalue weighted by molar-refractivity contribution is -0.156. The standard InChI is InChI=1S/C11H22N2O3/c1-4-12-5-7-13(8-6-12)10(14)11(2,15)9-16-3/h15H,4-9H2,1-3H3. The van der Waals surface area contributed by atoms with Crippen molar-refractivity contribution in [3.05, 3.63) is 0 Å². The van der Waals surface area contributed by atoms with E-state index in [9.17, 15) is 9.90 Å². The van der Waals surface area contributed by atoms with Crippen LogP contribution in [0.5, 0.6) is 0 Å². The summed E-state index contributed by atoms with van der Waals surface area (Å²) in [6, 6.07) is 0. The maximum atomic E-state index is 12.0. The highest BCUT2D eigenvalue weighted by Crippen LogP contribution is 2.11. The maximum absolute atomic E-state index is 12.0. The Hall–Kier alpha value is -0.650. The molecule has 5 nitrogen and oxygen atoms in total. The maximum Gasteiger partial charge on any atom is 0.256 e. The number of carbonyl (C=O) groups excluding carboxylic acids is 1. The van der Waals surface area contributed by atoms with Crippen molar-refractivity contribution in [2.24, 2.45) is 0 Å². The lowest BCUT2D eigenvalue weighted by Crippen LogP contribution is -2.56. The number of methoxy groups -OCH3 is 1. The molecule has 0 radical (unpaired) electrons. The zero-order chi connectivity index (χ0) is 12.2. The number of hydrogen-bond donors (Lipinski definition) is 1. The second-order valence-corrected chi connectivity index (χ2v) is 4.43. The Kier molecular flexibility index (Phi) is 4.70. The summed E-state index contributed by atoms with van der Waals surface area (Å²) >= 11 is 0. The zero-order valence-electron chi connectivity index (χ0n) is 10.4. The summed E-state index contributed by atoms with van der Waals surface area (Å²) in [4.78, 5) is 16.0. The van der Waals surface area contributed by atoms with Gasteiger partial charge in [0.05, 0.1) is 6.61 Å². The smallest absolute Gasteiger partial charge is 0.256 e. The second kappa shape index (κ2) is 5.61. The van der Waals surface area contributed by atoms with Crippen LogP contribution in [0.4, 0.5) is 0 Å². The van der Waals surface area contributed by atoms with Crippen LogP contribution in [0.1, 0.15) is 13.8 Å². The minimum absolute atomic E-state index is 0.0415. The molecule has 0 spiro atoms. The van der Waals surface area contributed by atoms with E-state index in [1.165, 1.54) is 14.0 Å². The Balaban J connectivity index is 2.50. The Bertz CT molecular complexity index is 235. The third-order valence-electron chi connectivity index (χ3n) is 2.99. The molecule has 1 saturated heterocycles. The SMILES string of the molecule is CCN1CCN(C(=O)C(C)(O)COC)CC1. The zero-order valence-corrected chi connectivity index (χ0v) is 10.4. The van der Waals surface area contributed by atoms with Crippen LogP contribution >= 0.6 is 0 Å². The van der Waals surface area contributed by atoms with E-state index in [0.29, 0.717) is 13.1 Å². The minimum Gasteiger partial charge on any atom is -0.381 e. The largest absolute Gasteiger partial charge is 0.381 e. The molecule has 0 aromatic rings. The van der Waals surface area contributed by atoms with Gasteiger partial charge >= 0.3 is 0 Å². The molecule has 0 aliphatic carbocycles. The van der Waals surface area contributed by atoms with Gasteiger partial charge in [-0.15, -0.1) is 0 Å². The van der Waals surface area contributed by atoms with Crippen molar-refractivity contribution in [3.8, 4) is 0 Å². The minimum atomic E-state index is -1.40. The molecule has 0 bridgehead atoms. The summed E-state index contributed by atoms with van der Waals surface area (Å²) in [5.41, 5.74) is -1.40. The molecule has 1 rings (SSSR count). The average molecular weight is 230 g/mol. The van der Waals surface area contributed by atoms with Crippen molar-refractivity contribution in [2.75, 3.05) is 46.4 Å². The molecule has 1 heterocycles. The van der Waals surface area contributed by atoms with Crippen LogP contribution in [0.3, 0.4) is 0 Å². The van der Waals surface area contributed by atoms with Crippen LogP contribution in [0.25, 0.3) is 0 Å². The second-order valence-electron chi connectivity index (χ2n) is 4.43. The molecule has 16 heavy (non-hydrogen) atoms.